The third-order valence-electron chi connectivity index (χ3n) is 9.67. The maximum atomic E-state index is 6.72. The molecule has 0 aliphatic rings. The summed E-state index contributed by atoms with van der Waals surface area (Å²) in [5, 5.41) is 8.23. The molecule has 218 valence electrons. The number of fused-ring (bicyclic) bond motifs is 13. The van der Waals surface area contributed by atoms with Crippen LogP contribution in [0.4, 0.5) is 0 Å². The first kappa shape index (κ1) is 24.8. The number of aromatic nitrogens is 4. The summed E-state index contributed by atoms with van der Waals surface area (Å²) in [4.78, 5) is 10.2. The summed E-state index contributed by atoms with van der Waals surface area (Å²) in [7, 11) is 0. The molecule has 11 aromatic rings. The second kappa shape index (κ2) is 9.05. The lowest BCUT2D eigenvalue weighted by Crippen LogP contribution is -1.95. The van der Waals surface area contributed by atoms with Crippen molar-refractivity contribution >= 4 is 82.4 Å². The molecular formula is C42H24N4O. The lowest BCUT2D eigenvalue weighted by atomic mass is 9.95. The molecule has 11 rings (SSSR count). The highest BCUT2D eigenvalue weighted by Crippen LogP contribution is 2.43. The number of rotatable bonds is 2. The van der Waals surface area contributed by atoms with Crippen molar-refractivity contribution in [2.45, 2.75) is 0 Å². The first-order chi connectivity index (χ1) is 23.3. The number of para-hydroxylation sites is 3. The summed E-state index contributed by atoms with van der Waals surface area (Å²) in [6.07, 6.45) is 0. The SMILES string of the molecule is c1ccc2nc3c(cc2c1)n(-c1ccc(-c2cc4ccccc4c4c2oc2ccc5ccccc5c24)cc1)c1nc2ccccc2n31. The zero-order valence-corrected chi connectivity index (χ0v) is 25.1. The number of imidazole rings is 2. The van der Waals surface area contributed by atoms with E-state index < -0.39 is 0 Å². The summed E-state index contributed by atoms with van der Waals surface area (Å²) in [5.74, 6) is 0.842. The van der Waals surface area contributed by atoms with Gasteiger partial charge in [-0.2, -0.15) is 0 Å². The summed E-state index contributed by atoms with van der Waals surface area (Å²) in [6, 6.07) is 51.2. The van der Waals surface area contributed by atoms with Gasteiger partial charge in [-0.15, -0.1) is 0 Å². The second-order valence-corrected chi connectivity index (χ2v) is 12.3. The van der Waals surface area contributed by atoms with Crippen LogP contribution in [0.2, 0.25) is 0 Å². The normalized spacial score (nSPS) is 12.3. The van der Waals surface area contributed by atoms with Crippen LogP contribution >= 0.6 is 0 Å². The molecule has 7 aromatic carbocycles. The van der Waals surface area contributed by atoms with Gasteiger partial charge in [0, 0.05) is 27.4 Å². The number of hydrogen-bond donors (Lipinski definition) is 0. The number of furan rings is 1. The maximum absolute atomic E-state index is 6.72. The average molecular weight is 601 g/mol. The molecule has 0 saturated carbocycles. The standard InChI is InChI=1S/C42H24N4O/c1-4-12-30-25(9-1)19-22-37-38(30)39-31-13-5-2-10-27(31)23-32(40(39)47-37)26-17-20-29(21-18-26)45-36-24-28-11-3-6-14-33(28)43-41(36)46-35-16-8-7-15-34(35)44-42(45)46/h1-24H. The fourth-order valence-corrected chi connectivity index (χ4v) is 7.55. The molecule has 0 bridgehead atoms. The van der Waals surface area contributed by atoms with Gasteiger partial charge >= 0.3 is 0 Å². The molecule has 47 heavy (non-hydrogen) atoms. The van der Waals surface area contributed by atoms with E-state index in [0.29, 0.717) is 0 Å². The van der Waals surface area contributed by atoms with Gasteiger partial charge in [0.1, 0.15) is 11.2 Å². The van der Waals surface area contributed by atoms with E-state index in [1.54, 1.807) is 0 Å². The Morgan fingerprint density at radius 3 is 2.06 bits per heavy atom. The lowest BCUT2D eigenvalue weighted by molar-refractivity contribution is 0.670. The third kappa shape index (κ3) is 3.37. The first-order valence-electron chi connectivity index (χ1n) is 15.8. The molecule has 0 aliphatic heterocycles. The van der Waals surface area contributed by atoms with Gasteiger partial charge in [-0.25, -0.2) is 9.97 Å². The Kier molecular flexibility index (Phi) is 4.78. The molecule has 0 fully saturated rings. The van der Waals surface area contributed by atoms with Crippen LogP contribution in [0.15, 0.2) is 150 Å². The van der Waals surface area contributed by atoms with Crippen molar-refractivity contribution in [2.24, 2.45) is 0 Å². The molecular weight excluding hydrogens is 576 g/mol. The van der Waals surface area contributed by atoms with Crippen LogP contribution in [0.25, 0.3) is 99.2 Å². The third-order valence-corrected chi connectivity index (χ3v) is 9.67. The highest BCUT2D eigenvalue weighted by molar-refractivity contribution is 6.28. The van der Waals surface area contributed by atoms with Gasteiger partial charge < -0.3 is 4.42 Å². The van der Waals surface area contributed by atoms with E-state index in [4.69, 9.17) is 14.4 Å². The van der Waals surface area contributed by atoms with Crippen molar-refractivity contribution in [3.8, 4) is 16.8 Å². The van der Waals surface area contributed by atoms with E-state index in [1.165, 1.54) is 26.9 Å². The number of nitrogens with zero attached hydrogens (tertiary/aromatic N) is 4. The van der Waals surface area contributed by atoms with Crippen LogP contribution in [0.5, 0.6) is 0 Å². The smallest absolute Gasteiger partial charge is 0.221 e. The highest BCUT2D eigenvalue weighted by Gasteiger charge is 2.21. The molecule has 0 unspecified atom stereocenters. The number of hydrogen-bond acceptors (Lipinski definition) is 3. The van der Waals surface area contributed by atoms with E-state index in [-0.39, 0.29) is 0 Å². The Morgan fingerprint density at radius 1 is 0.511 bits per heavy atom. The predicted octanol–water partition coefficient (Wildman–Crippen LogP) is 10.9. The minimum atomic E-state index is 0.842. The van der Waals surface area contributed by atoms with Crippen LogP contribution < -0.4 is 0 Å². The monoisotopic (exact) mass is 600 g/mol. The van der Waals surface area contributed by atoms with Gasteiger partial charge in [0.2, 0.25) is 5.78 Å². The van der Waals surface area contributed by atoms with E-state index in [1.807, 2.05) is 12.1 Å². The number of benzene rings is 7. The van der Waals surface area contributed by atoms with Crippen LogP contribution in [0, 0.1) is 0 Å². The van der Waals surface area contributed by atoms with Crippen molar-refractivity contribution in [3.63, 3.8) is 0 Å². The fourth-order valence-electron chi connectivity index (χ4n) is 7.55. The Bertz CT molecular complexity index is 3060. The molecule has 0 atom stereocenters. The predicted molar refractivity (Wildman–Crippen MR) is 193 cm³/mol. The van der Waals surface area contributed by atoms with Crippen molar-refractivity contribution in [1.82, 2.24) is 18.9 Å². The molecule has 4 aromatic heterocycles. The van der Waals surface area contributed by atoms with Crippen LogP contribution in [0.3, 0.4) is 0 Å². The molecule has 0 N–H and O–H groups in total. The van der Waals surface area contributed by atoms with Gasteiger partial charge in [0.05, 0.1) is 22.1 Å². The second-order valence-electron chi connectivity index (χ2n) is 12.3. The van der Waals surface area contributed by atoms with Gasteiger partial charge in [0.15, 0.2) is 5.65 Å². The molecule has 0 aliphatic carbocycles. The van der Waals surface area contributed by atoms with Gasteiger partial charge in [0.25, 0.3) is 0 Å². The fraction of sp³-hybridized carbons (Fsp3) is 0. The Labute approximate surface area is 267 Å². The van der Waals surface area contributed by atoms with Crippen LogP contribution in [-0.4, -0.2) is 18.9 Å². The molecule has 0 radical (unpaired) electrons. The molecule has 5 heteroatoms. The van der Waals surface area contributed by atoms with Gasteiger partial charge in [-0.1, -0.05) is 97.1 Å². The van der Waals surface area contributed by atoms with E-state index in [0.717, 1.165) is 72.2 Å². The Balaban J connectivity index is 1.17. The lowest BCUT2D eigenvalue weighted by Gasteiger charge is -2.10. The zero-order chi connectivity index (χ0) is 30.6. The summed E-state index contributed by atoms with van der Waals surface area (Å²) in [6.45, 7) is 0. The Hall–Kier alpha value is -6.46. The minimum absolute atomic E-state index is 0.842. The van der Waals surface area contributed by atoms with Crippen molar-refractivity contribution in [3.05, 3.63) is 146 Å². The average Bonchev–Trinajstić information content (AvgIpc) is 3.80. The first-order valence-corrected chi connectivity index (χ1v) is 15.8. The van der Waals surface area contributed by atoms with Crippen molar-refractivity contribution in [2.75, 3.05) is 0 Å². The van der Waals surface area contributed by atoms with Gasteiger partial charge in [-0.3, -0.25) is 8.97 Å². The van der Waals surface area contributed by atoms with Crippen molar-refractivity contribution < 1.29 is 4.42 Å². The van der Waals surface area contributed by atoms with E-state index in [9.17, 15) is 0 Å². The Morgan fingerprint density at radius 2 is 1.21 bits per heavy atom. The highest BCUT2D eigenvalue weighted by atomic mass is 16.3. The van der Waals surface area contributed by atoms with Gasteiger partial charge in [-0.05, 0) is 75.6 Å². The molecule has 0 spiro atoms. The molecule has 5 nitrogen and oxygen atoms in total. The largest absolute Gasteiger partial charge is 0.455 e. The zero-order valence-electron chi connectivity index (χ0n) is 25.1. The molecule has 0 amide bonds. The van der Waals surface area contributed by atoms with E-state index in [2.05, 4.69) is 142 Å². The van der Waals surface area contributed by atoms with Crippen LogP contribution in [0.1, 0.15) is 0 Å². The molecule has 4 heterocycles. The maximum Gasteiger partial charge on any atom is 0.221 e. The summed E-state index contributed by atoms with van der Waals surface area (Å²) >= 11 is 0. The summed E-state index contributed by atoms with van der Waals surface area (Å²) in [5.41, 5.74) is 9.86. The van der Waals surface area contributed by atoms with Crippen molar-refractivity contribution in [1.29, 1.82) is 0 Å². The summed E-state index contributed by atoms with van der Waals surface area (Å²) < 4.78 is 11.1. The number of pyridine rings is 1. The topological polar surface area (TPSA) is 48.3 Å². The van der Waals surface area contributed by atoms with Crippen LogP contribution in [-0.2, 0) is 0 Å². The minimum Gasteiger partial charge on any atom is -0.455 e. The van der Waals surface area contributed by atoms with E-state index >= 15 is 0 Å². The quantitative estimate of drug-likeness (QED) is 0.198. The molecule has 0 saturated heterocycles.